The third-order valence-corrected chi connectivity index (χ3v) is 3.96. The number of carboxylic acid groups (broad SMARTS) is 1. The number of carboxylic acids is 1. The van der Waals surface area contributed by atoms with Gasteiger partial charge in [0.05, 0.1) is 0 Å². The van der Waals surface area contributed by atoms with E-state index in [9.17, 15) is 14.7 Å². The predicted molar refractivity (Wildman–Crippen MR) is 105 cm³/mol. The molecule has 1 atom stereocenters. The van der Waals surface area contributed by atoms with Crippen molar-refractivity contribution in [2.75, 3.05) is 14.2 Å². The van der Waals surface area contributed by atoms with Crippen molar-refractivity contribution in [2.24, 2.45) is 0 Å². The summed E-state index contributed by atoms with van der Waals surface area (Å²) in [5, 5.41) is 11.8. The van der Waals surface area contributed by atoms with Gasteiger partial charge in [0.1, 0.15) is 23.2 Å². The minimum absolute atomic E-state index is 0.0330. The Bertz CT molecular complexity index is 834. The van der Waals surface area contributed by atoms with E-state index in [1.54, 1.807) is 32.9 Å². The lowest BCUT2D eigenvalue weighted by molar-refractivity contribution is -0.139. The highest BCUT2D eigenvalue weighted by atomic mass is 16.7. The van der Waals surface area contributed by atoms with Crippen molar-refractivity contribution in [1.29, 1.82) is 0 Å². The van der Waals surface area contributed by atoms with Gasteiger partial charge in [-0.25, -0.2) is 9.59 Å². The Labute approximate surface area is 169 Å². The first-order valence-corrected chi connectivity index (χ1v) is 9.10. The smallest absolute Gasteiger partial charge is 0.408 e. The number of nitrogens with one attached hydrogen (secondary N) is 1. The molecule has 0 radical (unpaired) electrons. The Morgan fingerprint density at radius 2 is 1.76 bits per heavy atom. The monoisotopic (exact) mass is 405 g/mol. The molecule has 0 aliphatic heterocycles. The number of ether oxygens (including phenoxy) is 3. The molecule has 8 heteroatoms. The number of benzene rings is 1. The van der Waals surface area contributed by atoms with Gasteiger partial charge in [-0.1, -0.05) is 24.3 Å². The van der Waals surface area contributed by atoms with Gasteiger partial charge in [-0.05, 0) is 32.9 Å². The fraction of sp³-hybridized carbons (Fsp3) is 0.429. The van der Waals surface area contributed by atoms with Gasteiger partial charge in [0.25, 0.3) is 0 Å². The van der Waals surface area contributed by atoms with E-state index < -0.39 is 30.0 Å². The summed E-state index contributed by atoms with van der Waals surface area (Å²) in [5.74, 6) is -0.242. The quantitative estimate of drug-likeness (QED) is 0.644. The summed E-state index contributed by atoms with van der Waals surface area (Å²) in [6.45, 7) is 5.10. The number of hydrogen-bond acceptors (Lipinski definition) is 6. The van der Waals surface area contributed by atoms with E-state index in [0.717, 1.165) is 11.1 Å². The molecule has 0 aliphatic rings. The number of aliphatic carboxylic acids is 1. The van der Waals surface area contributed by atoms with Crippen molar-refractivity contribution in [2.45, 2.75) is 45.1 Å². The second kappa shape index (κ2) is 9.58. The topological polar surface area (TPSA) is 107 Å². The van der Waals surface area contributed by atoms with Crippen LogP contribution in [0.15, 0.2) is 40.8 Å². The van der Waals surface area contributed by atoms with E-state index in [0.29, 0.717) is 11.5 Å². The molecule has 1 unspecified atom stereocenters. The molecule has 1 aromatic carbocycles. The maximum Gasteiger partial charge on any atom is 0.408 e. The van der Waals surface area contributed by atoms with Gasteiger partial charge in [0.2, 0.25) is 0 Å². The molecule has 1 amide bonds. The summed E-state index contributed by atoms with van der Waals surface area (Å²) in [6.07, 6.45) is -1.40. The number of carbonyl (C=O) groups is 2. The maximum absolute atomic E-state index is 11.9. The second-order valence-electron chi connectivity index (χ2n) is 7.40. The van der Waals surface area contributed by atoms with E-state index in [4.69, 9.17) is 18.6 Å². The molecule has 1 heterocycles. The van der Waals surface area contributed by atoms with Crippen molar-refractivity contribution in [3.8, 4) is 11.3 Å². The lowest BCUT2D eigenvalue weighted by Gasteiger charge is -2.21. The number of carbonyl (C=O) groups excluding carboxylic acids is 1. The van der Waals surface area contributed by atoms with Crippen LogP contribution in [0.5, 0.6) is 0 Å². The van der Waals surface area contributed by atoms with Crippen LogP contribution in [0.2, 0.25) is 0 Å². The molecule has 158 valence electrons. The molecule has 1 aromatic heterocycles. The second-order valence-corrected chi connectivity index (χ2v) is 7.40. The minimum atomic E-state index is -1.19. The molecule has 0 bridgehead atoms. The van der Waals surface area contributed by atoms with Gasteiger partial charge in [0, 0.05) is 31.8 Å². The van der Waals surface area contributed by atoms with E-state index >= 15 is 0 Å². The van der Waals surface area contributed by atoms with E-state index in [1.165, 1.54) is 14.2 Å². The van der Waals surface area contributed by atoms with Gasteiger partial charge in [-0.3, -0.25) is 0 Å². The molecule has 29 heavy (non-hydrogen) atoms. The van der Waals surface area contributed by atoms with Crippen LogP contribution in [-0.2, 0) is 25.4 Å². The summed E-state index contributed by atoms with van der Waals surface area (Å²) >= 11 is 0. The SMILES string of the molecule is COC(OC)c1ccccc1-c1ccc(CC(NC(=O)OC(C)(C)C)C(=O)O)o1. The van der Waals surface area contributed by atoms with Gasteiger partial charge in [-0.2, -0.15) is 0 Å². The van der Waals surface area contributed by atoms with Crippen LogP contribution in [0.3, 0.4) is 0 Å². The standard InChI is InChI=1S/C21H27NO7/c1-21(2,3)29-20(25)22-16(18(23)24)12-13-10-11-17(28-13)14-8-6-7-9-15(14)19(26-4)27-5/h6-11,16,19H,12H2,1-5H3,(H,22,25)(H,23,24). The van der Waals surface area contributed by atoms with E-state index in [1.807, 2.05) is 24.3 Å². The van der Waals surface area contributed by atoms with Crippen LogP contribution in [0.4, 0.5) is 4.79 Å². The predicted octanol–water partition coefficient (Wildman–Crippen LogP) is 3.76. The van der Waals surface area contributed by atoms with Gasteiger partial charge in [-0.15, -0.1) is 0 Å². The number of rotatable bonds is 8. The first kappa shape index (κ1) is 22.4. The number of alkyl carbamates (subject to hydrolysis) is 1. The molecule has 0 aliphatic carbocycles. The van der Waals surface area contributed by atoms with Crippen molar-refractivity contribution in [1.82, 2.24) is 5.32 Å². The Balaban J connectivity index is 2.19. The van der Waals surface area contributed by atoms with Crippen molar-refractivity contribution >= 4 is 12.1 Å². The van der Waals surface area contributed by atoms with E-state index in [-0.39, 0.29) is 6.42 Å². The zero-order valence-electron chi connectivity index (χ0n) is 17.2. The number of methoxy groups -OCH3 is 2. The Hall–Kier alpha value is -2.84. The van der Waals surface area contributed by atoms with Crippen LogP contribution in [0.25, 0.3) is 11.3 Å². The van der Waals surface area contributed by atoms with Crippen molar-refractivity contribution in [3.63, 3.8) is 0 Å². The molecule has 0 fully saturated rings. The highest BCUT2D eigenvalue weighted by Crippen LogP contribution is 2.31. The third kappa shape index (κ3) is 6.33. The number of furan rings is 1. The van der Waals surface area contributed by atoms with Crippen LogP contribution >= 0.6 is 0 Å². The third-order valence-electron chi connectivity index (χ3n) is 3.96. The summed E-state index contributed by atoms with van der Waals surface area (Å²) in [5.41, 5.74) is 0.813. The normalized spacial score (nSPS) is 12.6. The van der Waals surface area contributed by atoms with Gasteiger partial charge >= 0.3 is 12.1 Å². The fourth-order valence-corrected chi connectivity index (χ4v) is 2.76. The Morgan fingerprint density at radius 1 is 1.10 bits per heavy atom. The first-order valence-electron chi connectivity index (χ1n) is 9.10. The molecular formula is C21H27NO7. The average Bonchev–Trinajstić information content (AvgIpc) is 3.09. The molecule has 8 nitrogen and oxygen atoms in total. The lowest BCUT2D eigenvalue weighted by Crippen LogP contribution is -2.44. The van der Waals surface area contributed by atoms with E-state index in [2.05, 4.69) is 5.32 Å². The summed E-state index contributed by atoms with van der Waals surface area (Å²) in [4.78, 5) is 23.5. The molecule has 0 saturated heterocycles. The Morgan fingerprint density at radius 3 is 2.34 bits per heavy atom. The van der Waals surface area contributed by atoms with Gasteiger partial charge < -0.3 is 29.1 Å². The first-order chi connectivity index (χ1) is 13.6. The van der Waals surface area contributed by atoms with Crippen LogP contribution in [-0.4, -0.2) is 43.0 Å². The zero-order valence-corrected chi connectivity index (χ0v) is 17.2. The zero-order chi connectivity index (χ0) is 21.6. The van der Waals surface area contributed by atoms with Crippen LogP contribution < -0.4 is 5.32 Å². The summed E-state index contributed by atoms with van der Waals surface area (Å²) in [6, 6.07) is 9.66. The van der Waals surface area contributed by atoms with Gasteiger partial charge in [0.15, 0.2) is 6.29 Å². The molecule has 0 spiro atoms. The summed E-state index contributed by atoms with van der Waals surface area (Å²) in [7, 11) is 3.08. The lowest BCUT2D eigenvalue weighted by atomic mass is 10.0. The fourth-order valence-electron chi connectivity index (χ4n) is 2.76. The Kier molecular flexibility index (Phi) is 7.41. The van der Waals surface area contributed by atoms with Crippen molar-refractivity contribution in [3.05, 3.63) is 47.7 Å². The summed E-state index contributed by atoms with van der Waals surface area (Å²) < 4.78 is 21.6. The average molecular weight is 405 g/mol. The van der Waals surface area contributed by atoms with Crippen LogP contribution in [0, 0.1) is 0 Å². The highest BCUT2D eigenvalue weighted by molar-refractivity contribution is 5.80. The molecule has 0 saturated carbocycles. The number of amides is 1. The maximum atomic E-state index is 11.9. The molecule has 2 rings (SSSR count). The molecule has 2 N–H and O–H groups in total. The largest absolute Gasteiger partial charge is 0.480 e. The number of hydrogen-bond donors (Lipinski definition) is 2. The highest BCUT2D eigenvalue weighted by Gasteiger charge is 2.26. The minimum Gasteiger partial charge on any atom is -0.480 e. The molecular weight excluding hydrogens is 378 g/mol. The van der Waals surface area contributed by atoms with Crippen LogP contribution in [0.1, 0.15) is 38.4 Å². The molecule has 2 aromatic rings. The van der Waals surface area contributed by atoms with Crippen molar-refractivity contribution < 1.29 is 33.3 Å².